The highest BCUT2D eigenvalue weighted by atomic mass is 16.5. The molecule has 0 radical (unpaired) electrons. The second kappa shape index (κ2) is 6.93. The number of fused-ring (bicyclic) bond motifs is 1. The zero-order valence-electron chi connectivity index (χ0n) is 13.8. The van der Waals surface area contributed by atoms with Crippen molar-refractivity contribution in [2.75, 3.05) is 7.11 Å². The van der Waals surface area contributed by atoms with Crippen molar-refractivity contribution >= 4 is 23.1 Å². The molecule has 0 unspecified atom stereocenters. The van der Waals surface area contributed by atoms with Gasteiger partial charge >= 0.3 is 5.97 Å². The Morgan fingerprint density at radius 2 is 2.08 bits per heavy atom. The van der Waals surface area contributed by atoms with Crippen LogP contribution in [0.3, 0.4) is 0 Å². The maximum absolute atomic E-state index is 11.7. The minimum atomic E-state index is -0.408. The lowest BCUT2D eigenvalue weighted by molar-refractivity contribution is -0.139. The van der Waals surface area contributed by atoms with Crippen molar-refractivity contribution < 1.29 is 9.53 Å². The summed E-state index contributed by atoms with van der Waals surface area (Å²) in [6, 6.07) is 12.8. The van der Waals surface area contributed by atoms with E-state index in [1.54, 1.807) is 28.7 Å². The van der Waals surface area contributed by atoms with E-state index >= 15 is 0 Å². The standard InChI is InChI=1S/C18H15N5O2/c1-12-7-8-16-20-15(9-17(24)25-2)18(23(16)11-12)22-21-14-6-4-3-5-13(14)10-19/h3-8,11H,9H2,1-2H3. The van der Waals surface area contributed by atoms with Gasteiger partial charge in [0.15, 0.2) is 5.82 Å². The highest BCUT2D eigenvalue weighted by Gasteiger charge is 2.16. The van der Waals surface area contributed by atoms with Crippen LogP contribution in [0.1, 0.15) is 16.8 Å². The van der Waals surface area contributed by atoms with Gasteiger partial charge in [-0.25, -0.2) is 4.98 Å². The van der Waals surface area contributed by atoms with Gasteiger partial charge in [0.25, 0.3) is 0 Å². The van der Waals surface area contributed by atoms with Crippen LogP contribution in [0.25, 0.3) is 5.65 Å². The van der Waals surface area contributed by atoms with Crippen molar-refractivity contribution in [1.29, 1.82) is 5.26 Å². The Morgan fingerprint density at radius 1 is 1.28 bits per heavy atom. The molecule has 0 amide bonds. The summed E-state index contributed by atoms with van der Waals surface area (Å²) < 4.78 is 6.49. The van der Waals surface area contributed by atoms with E-state index in [0.29, 0.717) is 28.4 Å². The zero-order valence-corrected chi connectivity index (χ0v) is 13.8. The second-order valence-electron chi connectivity index (χ2n) is 5.40. The van der Waals surface area contributed by atoms with Gasteiger partial charge < -0.3 is 4.74 Å². The van der Waals surface area contributed by atoms with E-state index in [1.807, 2.05) is 25.3 Å². The number of nitriles is 1. The van der Waals surface area contributed by atoms with E-state index in [0.717, 1.165) is 5.56 Å². The van der Waals surface area contributed by atoms with Crippen molar-refractivity contribution in [1.82, 2.24) is 9.38 Å². The summed E-state index contributed by atoms with van der Waals surface area (Å²) in [6.45, 7) is 1.95. The van der Waals surface area contributed by atoms with Gasteiger partial charge in [0.1, 0.15) is 17.4 Å². The van der Waals surface area contributed by atoms with Crippen LogP contribution in [-0.2, 0) is 16.0 Å². The SMILES string of the molecule is COC(=O)Cc1nc2ccc(C)cn2c1N=Nc1ccccc1C#N. The number of imidazole rings is 1. The summed E-state index contributed by atoms with van der Waals surface area (Å²) in [4.78, 5) is 16.1. The molecule has 0 saturated carbocycles. The first-order chi connectivity index (χ1) is 12.1. The third kappa shape index (κ3) is 3.38. The number of hydrogen-bond donors (Lipinski definition) is 0. The largest absolute Gasteiger partial charge is 0.469 e. The van der Waals surface area contributed by atoms with Crippen molar-refractivity contribution in [2.24, 2.45) is 10.2 Å². The molecule has 0 spiro atoms. The summed E-state index contributed by atoms with van der Waals surface area (Å²) in [7, 11) is 1.33. The summed E-state index contributed by atoms with van der Waals surface area (Å²) in [5.74, 6) is 0.0332. The van der Waals surface area contributed by atoms with Gasteiger partial charge in [-0.2, -0.15) is 5.26 Å². The number of azo groups is 1. The Hall–Kier alpha value is -3.53. The van der Waals surface area contributed by atoms with E-state index < -0.39 is 5.97 Å². The number of hydrogen-bond acceptors (Lipinski definition) is 6. The first-order valence-corrected chi connectivity index (χ1v) is 7.57. The molecule has 2 aromatic heterocycles. The molecule has 0 fully saturated rings. The lowest BCUT2D eigenvalue weighted by Gasteiger charge is -2.00. The summed E-state index contributed by atoms with van der Waals surface area (Å²) >= 11 is 0. The molecular formula is C18H15N5O2. The average Bonchev–Trinajstić information content (AvgIpc) is 2.96. The average molecular weight is 333 g/mol. The smallest absolute Gasteiger partial charge is 0.311 e. The molecular weight excluding hydrogens is 318 g/mol. The fourth-order valence-electron chi connectivity index (χ4n) is 2.38. The molecule has 0 atom stereocenters. The maximum atomic E-state index is 11.7. The van der Waals surface area contributed by atoms with Gasteiger partial charge in [0, 0.05) is 6.20 Å². The van der Waals surface area contributed by atoms with E-state index in [4.69, 9.17) is 10.00 Å². The Labute approximate surface area is 144 Å². The van der Waals surface area contributed by atoms with Crippen LogP contribution in [0.15, 0.2) is 52.8 Å². The zero-order chi connectivity index (χ0) is 17.8. The molecule has 0 aliphatic carbocycles. The van der Waals surface area contributed by atoms with Gasteiger partial charge in [0.2, 0.25) is 0 Å². The second-order valence-corrected chi connectivity index (χ2v) is 5.40. The van der Waals surface area contributed by atoms with Gasteiger partial charge in [-0.3, -0.25) is 9.20 Å². The molecule has 7 heteroatoms. The number of rotatable bonds is 4. The number of carbonyl (C=O) groups excluding carboxylic acids is 1. The van der Waals surface area contributed by atoms with Crippen molar-refractivity contribution in [3.63, 3.8) is 0 Å². The van der Waals surface area contributed by atoms with E-state index in [1.165, 1.54) is 7.11 Å². The molecule has 0 aliphatic heterocycles. The van der Waals surface area contributed by atoms with Crippen LogP contribution < -0.4 is 0 Å². The van der Waals surface area contributed by atoms with Gasteiger partial charge in [0.05, 0.1) is 24.8 Å². The predicted octanol–water partition coefficient (Wildman–Crippen LogP) is 3.65. The van der Waals surface area contributed by atoms with Gasteiger partial charge in [-0.05, 0) is 30.7 Å². The highest BCUT2D eigenvalue weighted by molar-refractivity contribution is 5.74. The Kier molecular flexibility index (Phi) is 4.53. The molecule has 124 valence electrons. The number of aryl methyl sites for hydroxylation is 1. The van der Waals surface area contributed by atoms with E-state index in [9.17, 15) is 4.79 Å². The molecule has 3 rings (SSSR count). The van der Waals surface area contributed by atoms with Crippen LogP contribution in [0.2, 0.25) is 0 Å². The molecule has 25 heavy (non-hydrogen) atoms. The third-order valence-electron chi connectivity index (χ3n) is 3.63. The minimum absolute atomic E-state index is 0.00845. The Morgan fingerprint density at radius 3 is 2.84 bits per heavy atom. The minimum Gasteiger partial charge on any atom is -0.469 e. The molecule has 0 bridgehead atoms. The number of benzene rings is 1. The molecule has 2 heterocycles. The fraction of sp³-hybridized carbons (Fsp3) is 0.167. The van der Waals surface area contributed by atoms with Crippen LogP contribution in [0.5, 0.6) is 0 Å². The lowest BCUT2D eigenvalue weighted by atomic mass is 10.2. The highest BCUT2D eigenvalue weighted by Crippen LogP contribution is 2.26. The Balaban J connectivity index is 2.11. The number of pyridine rings is 1. The quantitative estimate of drug-likeness (QED) is 0.538. The van der Waals surface area contributed by atoms with Crippen molar-refractivity contribution in [3.8, 4) is 6.07 Å². The summed E-state index contributed by atoms with van der Waals surface area (Å²) in [6.07, 6.45) is 1.86. The fourth-order valence-corrected chi connectivity index (χ4v) is 2.38. The van der Waals surface area contributed by atoms with E-state index in [2.05, 4.69) is 21.3 Å². The normalized spacial score (nSPS) is 10.9. The van der Waals surface area contributed by atoms with Gasteiger partial charge in [-0.15, -0.1) is 10.2 Å². The molecule has 7 nitrogen and oxygen atoms in total. The maximum Gasteiger partial charge on any atom is 0.311 e. The number of carbonyl (C=O) groups is 1. The van der Waals surface area contributed by atoms with Crippen LogP contribution in [0.4, 0.5) is 11.5 Å². The molecule has 0 saturated heterocycles. The first kappa shape index (κ1) is 16.3. The number of esters is 1. The van der Waals surface area contributed by atoms with Crippen molar-refractivity contribution in [2.45, 2.75) is 13.3 Å². The summed E-state index contributed by atoms with van der Waals surface area (Å²) in [5, 5.41) is 17.6. The molecule has 3 aromatic rings. The Bertz CT molecular complexity index is 1010. The predicted molar refractivity (Wildman–Crippen MR) is 91.0 cm³/mol. The van der Waals surface area contributed by atoms with Crippen LogP contribution >= 0.6 is 0 Å². The topological polar surface area (TPSA) is 92.1 Å². The van der Waals surface area contributed by atoms with Gasteiger partial charge in [-0.1, -0.05) is 18.2 Å². The first-order valence-electron chi connectivity index (χ1n) is 7.57. The van der Waals surface area contributed by atoms with E-state index in [-0.39, 0.29) is 6.42 Å². The molecule has 0 aliphatic rings. The van der Waals surface area contributed by atoms with Crippen LogP contribution in [0, 0.1) is 18.3 Å². The third-order valence-corrected chi connectivity index (χ3v) is 3.63. The number of methoxy groups -OCH3 is 1. The van der Waals surface area contributed by atoms with Crippen molar-refractivity contribution in [3.05, 3.63) is 59.4 Å². The molecule has 0 N–H and O–H groups in total. The lowest BCUT2D eigenvalue weighted by Crippen LogP contribution is -2.04. The number of nitrogens with zero attached hydrogens (tertiary/aromatic N) is 5. The molecule has 1 aromatic carbocycles. The monoisotopic (exact) mass is 333 g/mol. The number of aromatic nitrogens is 2. The van der Waals surface area contributed by atoms with Crippen LogP contribution in [-0.4, -0.2) is 22.5 Å². The summed E-state index contributed by atoms with van der Waals surface area (Å²) in [5.41, 5.74) is 3.02. The number of ether oxygens (including phenoxy) is 1.